The quantitative estimate of drug-likeness (QED) is 0.497. The first kappa shape index (κ1) is 20.5. The second kappa shape index (κ2) is 9.33. The van der Waals surface area contributed by atoms with Crippen LogP contribution in [0.15, 0.2) is 24.5 Å². The third-order valence-corrected chi connectivity index (χ3v) is 5.17. The van der Waals surface area contributed by atoms with E-state index in [-0.39, 0.29) is 6.41 Å². The van der Waals surface area contributed by atoms with E-state index in [1.165, 1.54) is 12.8 Å². The zero-order valence-electron chi connectivity index (χ0n) is 17.1. The first-order chi connectivity index (χ1) is 14.0. The SMILES string of the molecule is CNC1CCN(c2ccc(Nc3nc(C)c4c(C)c[nH]c4n3)nc2)CC1.NC=O. The second-order valence-corrected chi connectivity index (χ2v) is 7.04. The number of hydrogen-bond acceptors (Lipinski definition) is 7. The number of primary amides is 1. The van der Waals surface area contributed by atoms with E-state index in [9.17, 15) is 0 Å². The van der Waals surface area contributed by atoms with Crippen LogP contribution in [0.1, 0.15) is 24.1 Å². The fraction of sp³-hybridized carbons (Fsp3) is 0.400. The van der Waals surface area contributed by atoms with Gasteiger partial charge in [0.05, 0.1) is 17.6 Å². The second-order valence-electron chi connectivity index (χ2n) is 7.04. The number of aryl methyl sites for hydroxylation is 2. The Labute approximate surface area is 170 Å². The summed E-state index contributed by atoms with van der Waals surface area (Å²) in [5.74, 6) is 1.31. The maximum atomic E-state index is 8.58. The lowest BCUT2D eigenvalue weighted by molar-refractivity contribution is -0.106. The summed E-state index contributed by atoms with van der Waals surface area (Å²) in [6.07, 6.45) is 6.46. The topological polar surface area (TPSA) is 125 Å². The van der Waals surface area contributed by atoms with Gasteiger partial charge < -0.3 is 26.3 Å². The lowest BCUT2D eigenvalue weighted by Gasteiger charge is -2.33. The zero-order chi connectivity index (χ0) is 20.8. The number of nitrogens with one attached hydrogen (secondary N) is 3. The lowest BCUT2D eigenvalue weighted by atomic mass is 10.1. The standard InChI is InChI=1S/C19H25N7.CH3NO/c1-12-10-22-18-17(12)13(2)23-19(25-18)24-16-5-4-15(11-21-16)26-8-6-14(20-3)7-9-26;2-1-3/h4-5,10-11,14,20H,6-9H2,1-3H3,(H2,21,22,23,24,25);1H,(H2,2,3). The molecule has 5 N–H and O–H groups in total. The highest BCUT2D eigenvalue weighted by atomic mass is 16.1. The van der Waals surface area contributed by atoms with Crippen LogP contribution in [0.4, 0.5) is 17.5 Å². The molecule has 1 amide bonds. The van der Waals surface area contributed by atoms with Gasteiger partial charge in [0.1, 0.15) is 11.5 Å². The Kier molecular flexibility index (Phi) is 6.61. The number of pyridine rings is 1. The van der Waals surface area contributed by atoms with Crippen LogP contribution in [-0.2, 0) is 4.79 Å². The largest absolute Gasteiger partial charge is 0.372 e. The minimum atomic E-state index is 0.250. The molecular formula is C20H28N8O. The molecule has 4 rings (SSSR count). The molecule has 9 heteroatoms. The van der Waals surface area contributed by atoms with Gasteiger partial charge in [-0.15, -0.1) is 0 Å². The fourth-order valence-corrected chi connectivity index (χ4v) is 3.64. The summed E-state index contributed by atoms with van der Waals surface area (Å²) >= 11 is 0. The van der Waals surface area contributed by atoms with Crippen molar-refractivity contribution in [1.82, 2.24) is 25.3 Å². The van der Waals surface area contributed by atoms with Gasteiger partial charge in [-0.25, -0.2) is 9.97 Å². The number of amides is 1. The molecule has 1 fully saturated rings. The maximum Gasteiger partial charge on any atom is 0.230 e. The van der Waals surface area contributed by atoms with Crippen LogP contribution in [-0.4, -0.2) is 52.5 Å². The number of piperidine rings is 1. The Morgan fingerprint density at radius 2 is 1.97 bits per heavy atom. The van der Waals surface area contributed by atoms with Crippen molar-refractivity contribution in [2.45, 2.75) is 32.7 Å². The maximum absolute atomic E-state index is 8.58. The molecule has 29 heavy (non-hydrogen) atoms. The van der Waals surface area contributed by atoms with Crippen molar-refractivity contribution in [1.29, 1.82) is 0 Å². The number of H-pyrrole nitrogens is 1. The molecule has 0 unspecified atom stereocenters. The fourth-order valence-electron chi connectivity index (χ4n) is 3.64. The lowest BCUT2D eigenvalue weighted by Crippen LogP contribution is -2.41. The highest BCUT2D eigenvalue weighted by molar-refractivity contribution is 5.83. The van der Waals surface area contributed by atoms with Crippen molar-refractivity contribution in [3.8, 4) is 0 Å². The molecule has 3 aromatic heterocycles. The Hall–Kier alpha value is -3.20. The summed E-state index contributed by atoms with van der Waals surface area (Å²) in [7, 11) is 2.04. The van der Waals surface area contributed by atoms with Crippen LogP contribution in [0.2, 0.25) is 0 Å². The number of hydrogen-bond donors (Lipinski definition) is 4. The first-order valence-corrected chi connectivity index (χ1v) is 9.68. The zero-order valence-corrected chi connectivity index (χ0v) is 17.1. The molecule has 4 heterocycles. The summed E-state index contributed by atoms with van der Waals surface area (Å²) in [6.45, 7) is 6.18. The molecule has 0 radical (unpaired) electrons. The summed E-state index contributed by atoms with van der Waals surface area (Å²) in [6, 6.07) is 4.73. The molecule has 1 aliphatic rings. The molecule has 1 saturated heterocycles. The number of aromatic nitrogens is 4. The van der Waals surface area contributed by atoms with E-state index in [1.807, 2.05) is 32.4 Å². The number of anilines is 3. The Morgan fingerprint density at radius 3 is 2.59 bits per heavy atom. The van der Waals surface area contributed by atoms with Crippen molar-refractivity contribution >= 4 is 34.9 Å². The molecule has 3 aromatic rings. The van der Waals surface area contributed by atoms with Crippen molar-refractivity contribution in [2.75, 3.05) is 30.4 Å². The van der Waals surface area contributed by atoms with Crippen molar-refractivity contribution in [3.63, 3.8) is 0 Å². The van der Waals surface area contributed by atoms with E-state index < -0.39 is 0 Å². The normalized spacial score (nSPS) is 14.4. The van der Waals surface area contributed by atoms with Gasteiger partial charge in [-0.3, -0.25) is 4.79 Å². The highest BCUT2D eigenvalue weighted by Crippen LogP contribution is 2.23. The Balaban J connectivity index is 0.000000755. The minimum Gasteiger partial charge on any atom is -0.372 e. The summed E-state index contributed by atoms with van der Waals surface area (Å²) in [5.41, 5.74) is 8.30. The summed E-state index contributed by atoms with van der Waals surface area (Å²) in [5, 5.41) is 7.66. The summed E-state index contributed by atoms with van der Waals surface area (Å²) in [4.78, 5) is 27.8. The molecule has 0 saturated carbocycles. The van der Waals surface area contributed by atoms with E-state index in [0.717, 1.165) is 46.9 Å². The molecule has 0 aromatic carbocycles. The third kappa shape index (κ3) is 4.80. The van der Waals surface area contributed by atoms with Gasteiger partial charge in [0.15, 0.2) is 0 Å². The molecule has 0 spiro atoms. The number of carbonyl (C=O) groups is 1. The Morgan fingerprint density at radius 1 is 1.24 bits per heavy atom. The van der Waals surface area contributed by atoms with E-state index in [2.05, 4.69) is 54.2 Å². The van der Waals surface area contributed by atoms with Crippen LogP contribution < -0.4 is 21.3 Å². The number of carbonyl (C=O) groups excluding carboxylic acids is 1. The third-order valence-electron chi connectivity index (χ3n) is 5.17. The van der Waals surface area contributed by atoms with Crippen LogP contribution in [0.3, 0.4) is 0 Å². The summed E-state index contributed by atoms with van der Waals surface area (Å²) < 4.78 is 0. The smallest absolute Gasteiger partial charge is 0.230 e. The number of nitrogens with zero attached hydrogens (tertiary/aromatic N) is 4. The average molecular weight is 396 g/mol. The Bertz CT molecular complexity index is 945. The monoisotopic (exact) mass is 396 g/mol. The van der Waals surface area contributed by atoms with E-state index >= 15 is 0 Å². The molecule has 0 aliphatic carbocycles. The average Bonchev–Trinajstić information content (AvgIpc) is 3.10. The van der Waals surface area contributed by atoms with Crippen LogP contribution in [0.5, 0.6) is 0 Å². The molecule has 1 aliphatic heterocycles. The molecule has 9 nitrogen and oxygen atoms in total. The molecule has 154 valence electrons. The van der Waals surface area contributed by atoms with Crippen LogP contribution >= 0.6 is 0 Å². The number of fused-ring (bicyclic) bond motifs is 1. The number of aromatic amines is 1. The van der Waals surface area contributed by atoms with Gasteiger partial charge in [0, 0.05) is 30.7 Å². The van der Waals surface area contributed by atoms with Crippen molar-refractivity contribution in [3.05, 3.63) is 35.8 Å². The van der Waals surface area contributed by atoms with E-state index in [4.69, 9.17) is 4.79 Å². The van der Waals surface area contributed by atoms with Crippen molar-refractivity contribution in [2.24, 2.45) is 5.73 Å². The van der Waals surface area contributed by atoms with Crippen LogP contribution in [0, 0.1) is 13.8 Å². The molecular weight excluding hydrogens is 368 g/mol. The first-order valence-electron chi connectivity index (χ1n) is 9.68. The number of nitrogens with two attached hydrogens (primary N) is 1. The van der Waals surface area contributed by atoms with Gasteiger partial charge in [0.25, 0.3) is 0 Å². The molecule has 0 bridgehead atoms. The van der Waals surface area contributed by atoms with E-state index in [1.54, 1.807) is 0 Å². The van der Waals surface area contributed by atoms with Gasteiger partial charge in [-0.05, 0) is 51.4 Å². The molecule has 0 atom stereocenters. The predicted molar refractivity (Wildman–Crippen MR) is 115 cm³/mol. The van der Waals surface area contributed by atoms with Gasteiger partial charge >= 0.3 is 0 Å². The van der Waals surface area contributed by atoms with E-state index in [0.29, 0.717) is 12.0 Å². The minimum absolute atomic E-state index is 0.250. The van der Waals surface area contributed by atoms with Crippen molar-refractivity contribution < 1.29 is 4.79 Å². The van der Waals surface area contributed by atoms with Gasteiger partial charge in [-0.2, -0.15) is 4.98 Å². The van der Waals surface area contributed by atoms with Gasteiger partial charge in [-0.1, -0.05) is 0 Å². The van der Waals surface area contributed by atoms with Crippen LogP contribution in [0.25, 0.3) is 11.0 Å². The predicted octanol–water partition coefficient (Wildman–Crippen LogP) is 2.00. The van der Waals surface area contributed by atoms with Gasteiger partial charge in [0.2, 0.25) is 12.4 Å². The highest BCUT2D eigenvalue weighted by Gasteiger charge is 2.18. The number of rotatable bonds is 4.